The van der Waals surface area contributed by atoms with E-state index in [1.807, 2.05) is 12.1 Å². The lowest BCUT2D eigenvalue weighted by Crippen LogP contribution is -2.32. The third-order valence-corrected chi connectivity index (χ3v) is 3.29. The van der Waals surface area contributed by atoms with E-state index in [0.717, 1.165) is 44.8 Å². The summed E-state index contributed by atoms with van der Waals surface area (Å²) < 4.78 is 5.64. The van der Waals surface area contributed by atoms with Crippen LogP contribution in [-0.4, -0.2) is 37.2 Å². The van der Waals surface area contributed by atoms with Crippen LogP contribution in [0.25, 0.3) is 0 Å². The molecule has 1 unspecified atom stereocenters. The second-order valence-corrected chi connectivity index (χ2v) is 4.78. The van der Waals surface area contributed by atoms with Crippen LogP contribution >= 0.6 is 0 Å². The van der Waals surface area contributed by atoms with E-state index in [9.17, 15) is 0 Å². The predicted molar refractivity (Wildman–Crippen MR) is 71.0 cm³/mol. The molecule has 1 aliphatic heterocycles. The summed E-state index contributed by atoms with van der Waals surface area (Å²) in [4.78, 5) is 2.48. The van der Waals surface area contributed by atoms with Gasteiger partial charge in [-0.25, -0.2) is 0 Å². The molecular formula is C14H22N2O. The topological polar surface area (TPSA) is 38.5 Å². The molecule has 0 aromatic heterocycles. The fourth-order valence-corrected chi connectivity index (χ4v) is 2.32. The molecule has 17 heavy (non-hydrogen) atoms. The van der Waals surface area contributed by atoms with Crippen LogP contribution in [0.1, 0.15) is 18.9 Å². The number of benzene rings is 1. The first-order valence-corrected chi connectivity index (χ1v) is 6.43. The van der Waals surface area contributed by atoms with Crippen LogP contribution in [0.3, 0.4) is 0 Å². The molecule has 0 spiro atoms. The van der Waals surface area contributed by atoms with Gasteiger partial charge >= 0.3 is 0 Å². The minimum atomic E-state index is 0.352. The molecule has 0 amide bonds. The summed E-state index contributed by atoms with van der Waals surface area (Å²) in [6, 6.07) is 8.14. The Hall–Kier alpha value is -1.06. The molecule has 2 rings (SSSR count). The Morgan fingerprint density at radius 1 is 1.41 bits per heavy atom. The molecule has 0 radical (unpaired) electrons. The standard InChI is InChI=1S/C14H22N2O/c1-12-11-16(8-4-10-17-12)9-7-13-5-2-3-6-14(13)15/h2-3,5-6,12H,4,7-11,15H2,1H3. The maximum absolute atomic E-state index is 5.95. The van der Waals surface area contributed by atoms with Crippen molar-refractivity contribution < 1.29 is 4.74 Å². The SMILES string of the molecule is CC1CN(CCc2ccccc2N)CCCO1. The molecular weight excluding hydrogens is 212 g/mol. The average Bonchev–Trinajstić information content (AvgIpc) is 2.53. The first kappa shape index (κ1) is 12.4. The summed E-state index contributed by atoms with van der Waals surface area (Å²) in [6.07, 6.45) is 2.51. The highest BCUT2D eigenvalue weighted by Crippen LogP contribution is 2.13. The fourth-order valence-electron chi connectivity index (χ4n) is 2.32. The summed E-state index contributed by atoms with van der Waals surface area (Å²) in [6.45, 7) is 6.28. The van der Waals surface area contributed by atoms with Gasteiger partial charge in [0.1, 0.15) is 0 Å². The maximum atomic E-state index is 5.95. The molecule has 3 heteroatoms. The van der Waals surface area contributed by atoms with Gasteiger partial charge in [0.25, 0.3) is 0 Å². The van der Waals surface area contributed by atoms with Crippen molar-refractivity contribution >= 4 is 5.69 Å². The number of hydrogen-bond acceptors (Lipinski definition) is 3. The van der Waals surface area contributed by atoms with Gasteiger partial charge in [-0.3, -0.25) is 0 Å². The monoisotopic (exact) mass is 234 g/mol. The van der Waals surface area contributed by atoms with E-state index in [0.29, 0.717) is 6.10 Å². The van der Waals surface area contributed by atoms with E-state index in [1.165, 1.54) is 5.56 Å². The molecule has 1 saturated heterocycles. The Bertz CT molecular complexity index is 354. The Balaban J connectivity index is 1.87. The quantitative estimate of drug-likeness (QED) is 0.812. The van der Waals surface area contributed by atoms with Crippen LogP contribution in [0.15, 0.2) is 24.3 Å². The van der Waals surface area contributed by atoms with Crippen molar-refractivity contribution in [1.82, 2.24) is 4.90 Å². The van der Waals surface area contributed by atoms with Crippen LogP contribution in [0.5, 0.6) is 0 Å². The van der Waals surface area contributed by atoms with Crippen molar-refractivity contribution in [3.8, 4) is 0 Å². The molecule has 1 heterocycles. The molecule has 94 valence electrons. The molecule has 1 aromatic rings. The molecule has 3 nitrogen and oxygen atoms in total. The smallest absolute Gasteiger partial charge is 0.0673 e. The maximum Gasteiger partial charge on any atom is 0.0673 e. The molecule has 1 fully saturated rings. The Labute approximate surface area is 104 Å². The van der Waals surface area contributed by atoms with Gasteiger partial charge in [0, 0.05) is 31.9 Å². The van der Waals surface area contributed by atoms with Crippen molar-refractivity contribution in [2.45, 2.75) is 25.9 Å². The lowest BCUT2D eigenvalue weighted by molar-refractivity contribution is 0.0679. The minimum absolute atomic E-state index is 0.352. The fraction of sp³-hybridized carbons (Fsp3) is 0.571. The predicted octanol–water partition coefficient (Wildman–Crippen LogP) is 1.92. The van der Waals surface area contributed by atoms with Crippen molar-refractivity contribution in [2.75, 3.05) is 32.0 Å². The number of para-hydroxylation sites is 1. The van der Waals surface area contributed by atoms with E-state index >= 15 is 0 Å². The Morgan fingerprint density at radius 2 is 2.24 bits per heavy atom. The van der Waals surface area contributed by atoms with Crippen molar-refractivity contribution in [3.63, 3.8) is 0 Å². The van der Waals surface area contributed by atoms with Gasteiger partial charge in [0.2, 0.25) is 0 Å². The molecule has 2 N–H and O–H groups in total. The number of nitrogens with two attached hydrogens (primary N) is 1. The highest BCUT2D eigenvalue weighted by atomic mass is 16.5. The third kappa shape index (κ3) is 3.72. The van der Waals surface area contributed by atoms with Crippen molar-refractivity contribution in [3.05, 3.63) is 29.8 Å². The molecule has 1 aromatic carbocycles. The average molecular weight is 234 g/mol. The lowest BCUT2D eigenvalue weighted by atomic mass is 10.1. The van der Waals surface area contributed by atoms with E-state index in [2.05, 4.69) is 24.0 Å². The molecule has 1 aliphatic rings. The van der Waals surface area contributed by atoms with Gasteiger partial charge in [0.15, 0.2) is 0 Å². The van der Waals surface area contributed by atoms with Gasteiger partial charge in [-0.2, -0.15) is 0 Å². The minimum Gasteiger partial charge on any atom is -0.399 e. The Kier molecular flexibility index (Phi) is 4.40. The summed E-state index contributed by atoms with van der Waals surface area (Å²) >= 11 is 0. The number of anilines is 1. The van der Waals surface area contributed by atoms with Crippen LogP contribution in [0.2, 0.25) is 0 Å². The summed E-state index contributed by atoms with van der Waals surface area (Å²) in [5.41, 5.74) is 8.11. The van der Waals surface area contributed by atoms with Gasteiger partial charge in [0.05, 0.1) is 6.10 Å². The van der Waals surface area contributed by atoms with Crippen LogP contribution in [0.4, 0.5) is 5.69 Å². The second kappa shape index (κ2) is 6.03. The largest absolute Gasteiger partial charge is 0.399 e. The summed E-state index contributed by atoms with van der Waals surface area (Å²) in [5, 5.41) is 0. The highest BCUT2D eigenvalue weighted by Gasteiger charge is 2.14. The number of ether oxygens (including phenoxy) is 1. The van der Waals surface area contributed by atoms with Gasteiger partial charge in [-0.1, -0.05) is 18.2 Å². The number of nitrogen functional groups attached to an aromatic ring is 1. The van der Waals surface area contributed by atoms with Gasteiger partial charge in [-0.05, 0) is 31.4 Å². The molecule has 0 aliphatic carbocycles. The Morgan fingerprint density at radius 3 is 3.06 bits per heavy atom. The van der Waals surface area contributed by atoms with E-state index < -0.39 is 0 Å². The number of nitrogens with zero attached hydrogens (tertiary/aromatic N) is 1. The van der Waals surface area contributed by atoms with E-state index in [4.69, 9.17) is 10.5 Å². The third-order valence-electron chi connectivity index (χ3n) is 3.29. The normalized spacial score (nSPS) is 22.3. The zero-order valence-electron chi connectivity index (χ0n) is 10.6. The second-order valence-electron chi connectivity index (χ2n) is 4.78. The van der Waals surface area contributed by atoms with E-state index in [-0.39, 0.29) is 0 Å². The lowest BCUT2D eigenvalue weighted by Gasteiger charge is -2.21. The summed E-state index contributed by atoms with van der Waals surface area (Å²) in [5.74, 6) is 0. The summed E-state index contributed by atoms with van der Waals surface area (Å²) in [7, 11) is 0. The van der Waals surface area contributed by atoms with E-state index in [1.54, 1.807) is 0 Å². The molecule has 0 saturated carbocycles. The number of hydrogen-bond donors (Lipinski definition) is 1. The first-order valence-electron chi connectivity index (χ1n) is 6.43. The molecule has 1 atom stereocenters. The first-order chi connectivity index (χ1) is 8.25. The zero-order valence-corrected chi connectivity index (χ0v) is 10.6. The number of rotatable bonds is 3. The highest BCUT2D eigenvalue weighted by molar-refractivity contribution is 5.46. The van der Waals surface area contributed by atoms with Gasteiger partial charge in [-0.15, -0.1) is 0 Å². The van der Waals surface area contributed by atoms with Crippen molar-refractivity contribution in [1.29, 1.82) is 0 Å². The zero-order chi connectivity index (χ0) is 12.1. The van der Waals surface area contributed by atoms with Crippen LogP contribution in [0, 0.1) is 0 Å². The van der Waals surface area contributed by atoms with Crippen LogP contribution in [-0.2, 0) is 11.2 Å². The van der Waals surface area contributed by atoms with Gasteiger partial charge < -0.3 is 15.4 Å². The van der Waals surface area contributed by atoms with Crippen LogP contribution < -0.4 is 5.73 Å². The van der Waals surface area contributed by atoms with Crippen molar-refractivity contribution in [2.24, 2.45) is 0 Å². The molecule has 0 bridgehead atoms.